The van der Waals surface area contributed by atoms with Gasteiger partial charge in [-0.1, -0.05) is 0 Å². The van der Waals surface area contributed by atoms with E-state index in [-0.39, 0.29) is 11.7 Å². The quantitative estimate of drug-likeness (QED) is 0.583. The number of nitrogens with one attached hydrogen (secondary N) is 1. The molecule has 0 radical (unpaired) electrons. The van der Waals surface area contributed by atoms with Crippen LogP contribution in [0.3, 0.4) is 0 Å². The lowest BCUT2D eigenvalue weighted by Gasteiger charge is -2.08. The lowest BCUT2D eigenvalue weighted by Crippen LogP contribution is -2.19. The summed E-state index contributed by atoms with van der Waals surface area (Å²) >= 11 is 0. The maximum atomic E-state index is 10.6. The Kier molecular flexibility index (Phi) is 4.19. The molecule has 1 atom stereocenters. The second-order valence-corrected chi connectivity index (χ2v) is 3.75. The highest BCUT2D eigenvalue weighted by Crippen LogP contribution is 2.17. The molecule has 1 aromatic rings. The third kappa shape index (κ3) is 3.47. The van der Waals surface area contributed by atoms with Gasteiger partial charge in [0.15, 0.2) is 0 Å². The van der Waals surface area contributed by atoms with Crippen LogP contribution in [-0.4, -0.2) is 22.5 Å². The molecular weight excluding hydrogens is 208 g/mol. The van der Waals surface area contributed by atoms with Crippen molar-refractivity contribution < 1.29 is 4.92 Å². The van der Waals surface area contributed by atoms with E-state index in [1.807, 2.05) is 6.92 Å². The first-order chi connectivity index (χ1) is 7.50. The van der Waals surface area contributed by atoms with Crippen LogP contribution in [0.15, 0.2) is 12.1 Å². The fourth-order valence-electron chi connectivity index (χ4n) is 1.27. The highest BCUT2D eigenvalue weighted by atomic mass is 16.6. The van der Waals surface area contributed by atoms with Crippen LogP contribution in [0.4, 0.5) is 11.5 Å². The van der Waals surface area contributed by atoms with E-state index in [9.17, 15) is 10.1 Å². The van der Waals surface area contributed by atoms with Gasteiger partial charge < -0.3 is 11.1 Å². The number of hydrogen-bond acceptors (Lipinski definition) is 5. The molecule has 6 nitrogen and oxygen atoms in total. The number of aromatic nitrogens is 1. The minimum Gasteiger partial charge on any atom is -0.370 e. The molecule has 3 N–H and O–H groups in total. The van der Waals surface area contributed by atoms with Crippen LogP contribution in [0.1, 0.15) is 19.0 Å². The standard InChI is InChI=1S/C10H16N4O2/c1-7(11)5-6-12-10-4-3-9(14(15)16)8(2)13-10/h3-4,7H,5-6,11H2,1-2H3,(H,12,13). The Morgan fingerprint density at radius 2 is 2.31 bits per heavy atom. The largest absolute Gasteiger partial charge is 0.370 e. The van der Waals surface area contributed by atoms with E-state index in [0.717, 1.165) is 6.42 Å². The van der Waals surface area contributed by atoms with E-state index in [2.05, 4.69) is 10.3 Å². The summed E-state index contributed by atoms with van der Waals surface area (Å²) in [4.78, 5) is 14.2. The number of nitro groups is 1. The SMILES string of the molecule is Cc1nc(NCCC(C)N)ccc1[N+](=O)[O-]. The summed E-state index contributed by atoms with van der Waals surface area (Å²) in [7, 11) is 0. The molecule has 0 aliphatic heterocycles. The molecule has 1 aromatic heterocycles. The van der Waals surface area contributed by atoms with Gasteiger partial charge >= 0.3 is 0 Å². The van der Waals surface area contributed by atoms with Gasteiger partial charge in [0.2, 0.25) is 0 Å². The normalized spacial score (nSPS) is 12.2. The Hall–Kier alpha value is -1.69. The molecule has 0 aliphatic carbocycles. The number of hydrogen-bond donors (Lipinski definition) is 2. The van der Waals surface area contributed by atoms with Crippen LogP contribution in [0.5, 0.6) is 0 Å². The van der Waals surface area contributed by atoms with Crippen molar-refractivity contribution in [1.29, 1.82) is 0 Å². The second-order valence-electron chi connectivity index (χ2n) is 3.75. The number of pyridine rings is 1. The molecule has 6 heteroatoms. The van der Waals surface area contributed by atoms with Gasteiger partial charge in [0.05, 0.1) is 4.92 Å². The van der Waals surface area contributed by atoms with Gasteiger partial charge in [-0.25, -0.2) is 4.98 Å². The summed E-state index contributed by atoms with van der Waals surface area (Å²) in [5.41, 5.74) is 6.05. The summed E-state index contributed by atoms with van der Waals surface area (Å²) in [5.74, 6) is 0.642. The summed E-state index contributed by atoms with van der Waals surface area (Å²) in [6.45, 7) is 4.26. The second kappa shape index (κ2) is 5.41. The van der Waals surface area contributed by atoms with Crippen molar-refractivity contribution in [3.63, 3.8) is 0 Å². The van der Waals surface area contributed by atoms with Crippen LogP contribution in [0.25, 0.3) is 0 Å². The third-order valence-electron chi connectivity index (χ3n) is 2.16. The van der Waals surface area contributed by atoms with Crippen molar-refractivity contribution in [2.45, 2.75) is 26.3 Å². The molecule has 1 rings (SSSR count). The van der Waals surface area contributed by atoms with Crippen molar-refractivity contribution >= 4 is 11.5 Å². The molecular formula is C10H16N4O2. The molecule has 0 saturated carbocycles. The zero-order valence-corrected chi connectivity index (χ0v) is 9.43. The van der Waals surface area contributed by atoms with E-state index >= 15 is 0 Å². The van der Waals surface area contributed by atoms with Crippen LogP contribution < -0.4 is 11.1 Å². The highest BCUT2D eigenvalue weighted by molar-refractivity contribution is 5.44. The van der Waals surface area contributed by atoms with Gasteiger partial charge in [0.25, 0.3) is 5.69 Å². The van der Waals surface area contributed by atoms with Gasteiger partial charge in [-0.2, -0.15) is 0 Å². The van der Waals surface area contributed by atoms with Gasteiger partial charge in [-0.3, -0.25) is 10.1 Å². The fraction of sp³-hybridized carbons (Fsp3) is 0.500. The lowest BCUT2D eigenvalue weighted by molar-refractivity contribution is -0.385. The van der Waals surface area contributed by atoms with Gasteiger partial charge in [-0.15, -0.1) is 0 Å². The average molecular weight is 224 g/mol. The molecule has 1 heterocycles. The molecule has 16 heavy (non-hydrogen) atoms. The topological polar surface area (TPSA) is 94.1 Å². The maximum Gasteiger partial charge on any atom is 0.290 e. The van der Waals surface area contributed by atoms with Crippen molar-refractivity contribution in [3.8, 4) is 0 Å². The van der Waals surface area contributed by atoms with E-state index < -0.39 is 4.92 Å². The van der Waals surface area contributed by atoms with E-state index in [1.165, 1.54) is 6.07 Å². The van der Waals surface area contributed by atoms with Crippen molar-refractivity contribution in [3.05, 3.63) is 27.9 Å². The molecule has 0 aromatic carbocycles. The van der Waals surface area contributed by atoms with E-state index in [1.54, 1.807) is 13.0 Å². The molecule has 0 spiro atoms. The number of anilines is 1. The minimum absolute atomic E-state index is 0.0396. The minimum atomic E-state index is -0.436. The predicted octanol–water partition coefficient (Wildman–Crippen LogP) is 1.45. The van der Waals surface area contributed by atoms with Crippen molar-refractivity contribution in [2.24, 2.45) is 5.73 Å². The number of rotatable bonds is 5. The summed E-state index contributed by atoms with van der Waals surface area (Å²) in [6, 6.07) is 3.19. The molecule has 0 fully saturated rings. The zero-order valence-electron chi connectivity index (χ0n) is 9.43. The molecule has 0 amide bonds. The van der Waals surface area contributed by atoms with Gasteiger partial charge in [-0.05, 0) is 26.3 Å². The van der Waals surface area contributed by atoms with Gasteiger partial charge in [0, 0.05) is 18.7 Å². The van der Waals surface area contributed by atoms with Crippen LogP contribution in [0.2, 0.25) is 0 Å². The molecule has 1 unspecified atom stereocenters. The monoisotopic (exact) mass is 224 g/mol. The van der Waals surface area contributed by atoms with Crippen LogP contribution in [-0.2, 0) is 0 Å². The summed E-state index contributed by atoms with van der Waals surface area (Å²) in [6.07, 6.45) is 0.831. The smallest absolute Gasteiger partial charge is 0.290 e. The number of nitrogens with two attached hydrogens (primary N) is 1. The number of aryl methyl sites for hydroxylation is 1. The average Bonchev–Trinajstić information content (AvgIpc) is 2.16. The van der Waals surface area contributed by atoms with Crippen LogP contribution >= 0.6 is 0 Å². The maximum absolute atomic E-state index is 10.6. The third-order valence-corrected chi connectivity index (χ3v) is 2.16. The Bertz CT molecular complexity index is 379. The van der Waals surface area contributed by atoms with E-state index in [0.29, 0.717) is 18.1 Å². The summed E-state index contributed by atoms with van der Waals surface area (Å²) < 4.78 is 0. The van der Waals surface area contributed by atoms with Gasteiger partial charge in [0.1, 0.15) is 11.5 Å². The Balaban J connectivity index is 2.63. The van der Waals surface area contributed by atoms with E-state index in [4.69, 9.17) is 5.73 Å². The zero-order chi connectivity index (χ0) is 12.1. The molecule has 88 valence electrons. The Morgan fingerprint density at radius 1 is 1.62 bits per heavy atom. The lowest BCUT2D eigenvalue weighted by atomic mass is 10.2. The van der Waals surface area contributed by atoms with Crippen molar-refractivity contribution in [1.82, 2.24) is 4.98 Å². The molecule has 0 bridgehead atoms. The highest BCUT2D eigenvalue weighted by Gasteiger charge is 2.11. The Morgan fingerprint density at radius 3 is 2.81 bits per heavy atom. The first kappa shape index (κ1) is 12.4. The van der Waals surface area contributed by atoms with Crippen molar-refractivity contribution in [2.75, 3.05) is 11.9 Å². The number of nitrogens with zero attached hydrogens (tertiary/aromatic N) is 2. The first-order valence-electron chi connectivity index (χ1n) is 5.12. The fourth-order valence-corrected chi connectivity index (χ4v) is 1.27. The predicted molar refractivity (Wildman–Crippen MR) is 62.4 cm³/mol. The van der Waals surface area contributed by atoms with Crippen LogP contribution in [0, 0.1) is 17.0 Å². The Labute approximate surface area is 94.0 Å². The molecule has 0 aliphatic rings. The molecule has 0 saturated heterocycles. The summed E-state index contributed by atoms with van der Waals surface area (Å²) in [5, 5.41) is 13.6. The first-order valence-corrected chi connectivity index (χ1v) is 5.12.